The van der Waals surface area contributed by atoms with Crippen molar-refractivity contribution >= 4 is 35.2 Å². The monoisotopic (exact) mass is 533 g/mol. The molecule has 0 aliphatic carbocycles. The van der Waals surface area contributed by atoms with Crippen molar-refractivity contribution in [2.45, 2.75) is 76.4 Å². The highest BCUT2D eigenvalue weighted by Crippen LogP contribution is 2.38. The SMILES string of the molecule is NC(=O)CCCc1ccc(CNC(=O)[C@H](CCC(N)=O)NC(=O)[C@@H]2Cc3cccc4c3N2C(=O)CCC4)cc1. The zero-order chi connectivity index (χ0) is 27.9. The number of carbonyl (C=O) groups excluding carboxylic acids is 5. The molecule has 0 unspecified atom stereocenters. The Bertz CT molecular complexity index is 1260. The molecule has 2 heterocycles. The topological polar surface area (TPSA) is 165 Å². The molecule has 10 nitrogen and oxygen atoms in total. The maximum absolute atomic E-state index is 13.4. The van der Waals surface area contributed by atoms with E-state index in [2.05, 4.69) is 10.6 Å². The van der Waals surface area contributed by atoms with E-state index >= 15 is 0 Å². The van der Waals surface area contributed by atoms with E-state index in [9.17, 15) is 24.0 Å². The van der Waals surface area contributed by atoms with Crippen molar-refractivity contribution in [3.05, 3.63) is 64.7 Å². The second-order valence-electron chi connectivity index (χ2n) is 10.2. The van der Waals surface area contributed by atoms with Crippen LogP contribution in [0, 0.1) is 0 Å². The van der Waals surface area contributed by atoms with E-state index in [1.54, 1.807) is 4.90 Å². The molecule has 39 heavy (non-hydrogen) atoms. The Labute approximate surface area is 227 Å². The molecule has 2 aliphatic rings. The summed E-state index contributed by atoms with van der Waals surface area (Å²) in [4.78, 5) is 63.5. The summed E-state index contributed by atoms with van der Waals surface area (Å²) in [7, 11) is 0. The van der Waals surface area contributed by atoms with E-state index < -0.39 is 29.8 Å². The molecule has 2 atom stereocenters. The quantitative estimate of drug-likeness (QED) is 0.321. The molecule has 2 aromatic rings. The number of hydrogen-bond donors (Lipinski definition) is 4. The highest BCUT2D eigenvalue weighted by atomic mass is 16.2. The van der Waals surface area contributed by atoms with Gasteiger partial charge in [0.2, 0.25) is 29.5 Å². The Balaban J connectivity index is 1.40. The predicted octanol–water partition coefficient (Wildman–Crippen LogP) is 1.16. The molecular formula is C29H35N5O5. The summed E-state index contributed by atoms with van der Waals surface area (Å²) in [6.07, 6.45) is 3.92. The number of amides is 5. The van der Waals surface area contributed by atoms with Crippen LogP contribution in [0.1, 0.15) is 60.8 Å². The summed E-state index contributed by atoms with van der Waals surface area (Å²) in [6, 6.07) is 11.8. The average Bonchev–Trinajstić information content (AvgIpc) is 3.22. The third-order valence-electron chi connectivity index (χ3n) is 7.27. The van der Waals surface area contributed by atoms with Gasteiger partial charge in [0.05, 0.1) is 5.69 Å². The van der Waals surface area contributed by atoms with E-state index in [1.807, 2.05) is 42.5 Å². The van der Waals surface area contributed by atoms with Gasteiger partial charge in [0, 0.05) is 32.2 Å². The average molecular weight is 534 g/mol. The van der Waals surface area contributed by atoms with Crippen molar-refractivity contribution in [2.24, 2.45) is 11.5 Å². The normalized spacial score (nSPS) is 16.7. The number of nitrogens with two attached hydrogens (primary N) is 2. The maximum atomic E-state index is 13.4. The summed E-state index contributed by atoms with van der Waals surface area (Å²) in [5, 5.41) is 5.62. The van der Waals surface area contributed by atoms with Crippen LogP contribution in [-0.4, -0.2) is 41.6 Å². The van der Waals surface area contributed by atoms with Crippen molar-refractivity contribution in [3.8, 4) is 0 Å². The number of benzene rings is 2. The van der Waals surface area contributed by atoms with Gasteiger partial charge in [-0.2, -0.15) is 0 Å². The number of hydrogen-bond acceptors (Lipinski definition) is 5. The third-order valence-corrected chi connectivity index (χ3v) is 7.27. The van der Waals surface area contributed by atoms with Gasteiger partial charge in [-0.15, -0.1) is 0 Å². The number of para-hydroxylation sites is 1. The standard InChI is InChI=1S/C29H35N5O5/c30-24(35)8-1-4-18-10-12-19(13-11-18)17-32-28(38)22(14-15-25(31)36)33-29(39)23-16-21-7-2-5-20-6-3-9-26(37)34(23)27(20)21/h2,5,7,10-13,22-23H,1,3-4,6,8-9,14-17H2,(H2,30,35)(H2,31,36)(H,32,38)(H,33,39)/t22-,23-/m0/s1. The van der Waals surface area contributed by atoms with Crippen LogP contribution in [0.5, 0.6) is 0 Å². The number of anilines is 1. The number of nitrogens with zero attached hydrogens (tertiary/aromatic N) is 1. The summed E-state index contributed by atoms with van der Waals surface area (Å²) in [5.74, 6) is -1.87. The van der Waals surface area contributed by atoms with Crippen LogP contribution in [0.2, 0.25) is 0 Å². The number of nitrogens with one attached hydrogen (secondary N) is 2. The van der Waals surface area contributed by atoms with Gasteiger partial charge in [-0.1, -0.05) is 42.5 Å². The molecule has 0 fully saturated rings. The van der Waals surface area contributed by atoms with Gasteiger partial charge in [-0.25, -0.2) is 0 Å². The van der Waals surface area contributed by atoms with Crippen molar-refractivity contribution in [1.29, 1.82) is 0 Å². The molecule has 0 aromatic heterocycles. The van der Waals surface area contributed by atoms with Crippen LogP contribution in [0.15, 0.2) is 42.5 Å². The Morgan fingerprint density at radius 3 is 2.33 bits per heavy atom. The molecule has 2 aliphatic heterocycles. The van der Waals surface area contributed by atoms with Crippen LogP contribution < -0.4 is 27.0 Å². The number of primary amides is 2. The summed E-state index contributed by atoms with van der Waals surface area (Å²) in [5.41, 5.74) is 15.2. The molecule has 0 saturated heterocycles. The Hall–Kier alpha value is -4.21. The number of rotatable bonds is 12. The molecule has 0 bridgehead atoms. The van der Waals surface area contributed by atoms with Crippen molar-refractivity contribution in [1.82, 2.24) is 10.6 Å². The Morgan fingerprint density at radius 2 is 1.62 bits per heavy atom. The Morgan fingerprint density at radius 1 is 0.923 bits per heavy atom. The second kappa shape index (κ2) is 12.6. The van der Waals surface area contributed by atoms with Gasteiger partial charge in [0.25, 0.3) is 0 Å². The van der Waals surface area contributed by atoms with Gasteiger partial charge in [0.15, 0.2) is 0 Å². The van der Waals surface area contributed by atoms with Crippen LogP contribution in [-0.2, 0) is 49.8 Å². The molecule has 2 aromatic carbocycles. The fourth-order valence-corrected chi connectivity index (χ4v) is 5.26. The lowest BCUT2D eigenvalue weighted by Crippen LogP contribution is -2.54. The fraction of sp³-hybridized carbons (Fsp3) is 0.414. The largest absolute Gasteiger partial charge is 0.370 e. The molecule has 4 rings (SSSR count). The van der Waals surface area contributed by atoms with Crippen molar-refractivity contribution in [2.75, 3.05) is 4.90 Å². The van der Waals surface area contributed by atoms with Crippen LogP contribution in [0.3, 0.4) is 0 Å². The molecule has 0 spiro atoms. The molecular weight excluding hydrogens is 498 g/mol. The van der Waals surface area contributed by atoms with Crippen molar-refractivity contribution in [3.63, 3.8) is 0 Å². The van der Waals surface area contributed by atoms with Gasteiger partial charge in [-0.3, -0.25) is 28.9 Å². The van der Waals surface area contributed by atoms with E-state index in [1.165, 1.54) is 0 Å². The predicted molar refractivity (Wildman–Crippen MR) is 145 cm³/mol. The second-order valence-corrected chi connectivity index (χ2v) is 10.2. The molecule has 206 valence electrons. The first-order chi connectivity index (χ1) is 18.7. The van der Waals surface area contributed by atoms with Crippen LogP contribution in [0.4, 0.5) is 5.69 Å². The first-order valence-electron chi connectivity index (χ1n) is 13.4. The van der Waals surface area contributed by atoms with Gasteiger partial charge in [-0.05, 0) is 54.4 Å². The van der Waals surface area contributed by atoms with Gasteiger partial charge < -0.3 is 22.1 Å². The van der Waals surface area contributed by atoms with E-state index in [0.717, 1.165) is 47.2 Å². The van der Waals surface area contributed by atoms with Gasteiger partial charge >= 0.3 is 0 Å². The van der Waals surface area contributed by atoms with E-state index in [4.69, 9.17) is 11.5 Å². The third kappa shape index (κ3) is 7.01. The number of aryl methyl sites for hydroxylation is 2. The molecule has 0 radical (unpaired) electrons. The fourth-order valence-electron chi connectivity index (χ4n) is 5.26. The molecule has 0 saturated carbocycles. The van der Waals surface area contributed by atoms with Crippen LogP contribution in [0.25, 0.3) is 0 Å². The maximum Gasteiger partial charge on any atom is 0.244 e. The first kappa shape index (κ1) is 27.8. The molecule has 10 heteroatoms. The van der Waals surface area contributed by atoms with Gasteiger partial charge in [0.1, 0.15) is 12.1 Å². The lowest BCUT2D eigenvalue weighted by molar-refractivity contribution is -0.131. The smallest absolute Gasteiger partial charge is 0.244 e. The Kier molecular flexibility index (Phi) is 8.96. The highest BCUT2D eigenvalue weighted by molar-refractivity contribution is 6.05. The minimum atomic E-state index is -0.983. The molecule has 5 amide bonds. The zero-order valence-electron chi connectivity index (χ0n) is 21.9. The van der Waals surface area contributed by atoms with E-state index in [-0.39, 0.29) is 31.2 Å². The highest BCUT2D eigenvalue weighted by Gasteiger charge is 2.41. The van der Waals surface area contributed by atoms with Crippen molar-refractivity contribution < 1.29 is 24.0 Å². The summed E-state index contributed by atoms with van der Waals surface area (Å²) in [6.45, 7) is 0.228. The number of carbonyl (C=O) groups is 5. The van der Waals surface area contributed by atoms with E-state index in [0.29, 0.717) is 25.7 Å². The lowest BCUT2D eigenvalue weighted by Gasteiger charge is -2.27. The first-order valence-corrected chi connectivity index (χ1v) is 13.4. The molecule has 6 N–H and O–H groups in total. The summed E-state index contributed by atoms with van der Waals surface area (Å²) < 4.78 is 0. The lowest BCUT2D eigenvalue weighted by atomic mass is 10.0. The zero-order valence-corrected chi connectivity index (χ0v) is 21.9. The summed E-state index contributed by atoms with van der Waals surface area (Å²) >= 11 is 0. The minimum absolute atomic E-state index is 0.0462. The minimum Gasteiger partial charge on any atom is -0.370 e. The van der Waals surface area contributed by atoms with Crippen LogP contribution >= 0.6 is 0 Å².